The Bertz CT molecular complexity index is 996. The fourth-order valence-electron chi connectivity index (χ4n) is 6.58. The molecule has 2 aromatic carbocycles. The van der Waals surface area contributed by atoms with E-state index in [0.717, 1.165) is 23.8 Å². The molecule has 2 aromatic rings. The third kappa shape index (κ3) is 3.34. The maximum atomic E-state index is 13.2. The van der Waals surface area contributed by atoms with Crippen LogP contribution in [0.5, 0.6) is 5.75 Å². The van der Waals surface area contributed by atoms with Crippen LogP contribution in [0.1, 0.15) is 65.6 Å². The summed E-state index contributed by atoms with van der Waals surface area (Å²) >= 11 is 0. The molecule has 4 fully saturated rings. The molecular formula is C26H26O4. The minimum atomic E-state index is -1.01. The normalized spacial score (nSPS) is 29.4. The van der Waals surface area contributed by atoms with Crippen molar-refractivity contribution in [2.24, 2.45) is 17.8 Å². The van der Waals surface area contributed by atoms with Gasteiger partial charge >= 0.3 is 5.97 Å². The van der Waals surface area contributed by atoms with Crippen molar-refractivity contribution >= 4 is 17.8 Å². The van der Waals surface area contributed by atoms with E-state index in [2.05, 4.69) is 0 Å². The molecule has 6 rings (SSSR count). The Morgan fingerprint density at radius 3 is 2.07 bits per heavy atom. The van der Waals surface area contributed by atoms with Crippen LogP contribution in [0, 0.1) is 17.8 Å². The Morgan fingerprint density at radius 1 is 0.900 bits per heavy atom. The predicted molar refractivity (Wildman–Crippen MR) is 115 cm³/mol. The van der Waals surface area contributed by atoms with E-state index in [1.54, 1.807) is 30.3 Å². The highest BCUT2D eigenvalue weighted by molar-refractivity contribution is 6.10. The molecule has 4 heteroatoms. The molecule has 0 atom stereocenters. The summed E-state index contributed by atoms with van der Waals surface area (Å²) in [6.45, 7) is 0. The quantitative estimate of drug-likeness (QED) is 0.533. The molecule has 0 spiro atoms. The number of phenolic OH excluding ortho intramolecular Hbond substituents is 1. The molecule has 30 heavy (non-hydrogen) atoms. The van der Waals surface area contributed by atoms with Gasteiger partial charge < -0.3 is 10.2 Å². The summed E-state index contributed by atoms with van der Waals surface area (Å²) in [5, 5.41) is 19.2. The van der Waals surface area contributed by atoms with Crippen LogP contribution in [0.25, 0.3) is 6.08 Å². The van der Waals surface area contributed by atoms with Gasteiger partial charge in [0.15, 0.2) is 5.78 Å². The number of benzene rings is 2. The molecule has 0 unspecified atom stereocenters. The number of hydrogen-bond acceptors (Lipinski definition) is 3. The van der Waals surface area contributed by atoms with Crippen LogP contribution in [0.15, 0.2) is 48.5 Å². The van der Waals surface area contributed by atoms with Crippen LogP contribution in [0.3, 0.4) is 0 Å². The van der Waals surface area contributed by atoms with Crippen molar-refractivity contribution in [3.63, 3.8) is 0 Å². The maximum Gasteiger partial charge on any atom is 0.328 e. The van der Waals surface area contributed by atoms with E-state index in [1.807, 2.05) is 12.1 Å². The average Bonchev–Trinajstić information content (AvgIpc) is 2.71. The van der Waals surface area contributed by atoms with E-state index >= 15 is 0 Å². The van der Waals surface area contributed by atoms with Gasteiger partial charge in [0, 0.05) is 11.6 Å². The Kier molecular flexibility index (Phi) is 4.53. The third-order valence-corrected chi connectivity index (χ3v) is 7.48. The number of carbonyl (C=O) groups is 2. The zero-order valence-corrected chi connectivity index (χ0v) is 16.9. The topological polar surface area (TPSA) is 74.6 Å². The van der Waals surface area contributed by atoms with Gasteiger partial charge in [-0.05, 0) is 91.0 Å². The molecule has 4 saturated carbocycles. The fraction of sp³-hybridized carbons (Fsp3) is 0.385. The van der Waals surface area contributed by atoms with Crippen molar-refractivity contribution in [3.8, 4) is 5.75 Å². The summed E-state index contributed by atoms with van der Waals surface area (Å²) < 4.78 is 0. The molecule has 0 saturated heterocycles. The lowest BCUT2D eigenvalue weighted by Crippen LogP contribution is -2.48. The van der Waals surface area contributed by atoms with Crippen molar-refractivity contribution < 1.29 is 19.8 Å². The number of carboxylic acid groups (broad SMARTS) is 1. The molecule has 154 valence electrons. The molecule has 4 bridgehead atoms. The van der Waals surface area contributed by atoms with Gasteiger partial charge in [0.1, 0.15) is 5.75 Å². The lowest BCUT2D eigenvalue weighted by molar-refractivity contribution is -0.131. The van der Waals surface area contributed by atoms with Gasteiger partial charge in [-0.1, -0.05) is 30.3 Å². The predicted octanol–water partition coefficient (Wildman–Crippen LogP) is 5.19. The summed E-state index contributed by atoms with van der Waals surface area (Å²) in [5.41, 5.74) is 2.94. The second kappa shape index (κ2) is 7.12. The Labute approximate surface area is 176 Å². The molecule has 2 N–H and O–H groups in total. The second-order valence-corrected chi connectivity index (χ2v) is 9.55. The number of hydrogen-bond donors (Lipinski definition) is 2. The molecular weight excluding hydrogens is 376 g/mol. The van der Waals surface area contributed by atoms with Crippen LogP contribution in [0.2, 0.25) is 0 Å². The van der Waals surface area contributed by atoms with Crippen molar-refractivity contribution in [1.82, 2.24) is 0 Å². The van der Waals surface area contributed by atoms with Gasteiger partial charge in [0.25, 0.3) is 0 Å². The molecule has 0 heterocycles. The summed E-state index contributed by atoms with van der Waals surface area (Å²) in [4.78, 5) is 23.8. The van der Waals surface area contributed by atoms with E-state index in [-0.39, 0.29) is 16.9 Å². The van der Waals surface area contributed by atoms with Gasteiger partial charge in [-0.15, -0.1) is 0 Å². The van der Waals surface area contributed by atoms with E-state index in [0.29, 0.717) is 16.7 Å². The number of phenols is 1. The van der Waals surface area contributed by atoms with Crippen LogP contribution < -0.4 is 0 Å². The first-order valence-electron chi connectivity index (χ1n) is 10.8. The van der Waals surface area contributed by atoms with E-state index in [4.69, 9.17) is 5.11 Å². The first-order valence-corrected chi connectivity index (χ1v) is 10.8. The summed E-state index contributed by atoms with van der Waals surface area (Å²) in [7, 11) is 0. The average molecular weight is 402 g/mol. The molecule has 4 aliphatic carbocycles. The van der Waals surface area contributed by atoms with Crippen LogP contribution in [-0.2, 0) is 10.2 Å². The smallest absolute Gasteiger partial charge is 0.328 e. The van der Waals surface area contributed by atoms with E-state index in [1.165, 1.54) is 50.2 Å². The SMILES string of the molecule is O=C(O)/C=C/c1ccc(C(=O)c2cc(C34CC5CC(CC(C5)C3)C4)ccc2O)cc1. The van der Waals surface area contributed by atoms with Gasteiger partial charge in [-0.2, -0.15) is 0 Å². The van der Waals surface area contributed by atoms with Crippen LogP contribution >= 0.6 is 0 Å². The highest BCUT2D eigenvalue weighted by Gasteiger charge is 2.51. The highest BCUT2D eigenvalue weighted by atomic mass is 16.4. The van der Waals surface area contributed by atoms with Gasteiger partial charge in [-0.25, -0.2) is 4.79 Å². The summed E-state index contributed by atoms with van der Waals surface area (Å²) in [6.07, 6.45) is 10.3. The first kappa shape index (κ1) is 19.1. The molecule has 0 radical (unpaired) electrons. The number of ketones is 1. The van der Waals surface area contributed by atoms with E-state index < -0.39 is 5.97 Å². The Hall–Kier alpha value is -2.88. The minimum Gasteiger partial charge on any atom is -0.507 e. The summed E-state index contributed by atoms with van der Waals surface area (Å²) in [5.74, 6) is 1.25. The van der Waals surface area contributed by atoms with Crippen molar-refractivity contribution in [1.29, 1.82) is 0 Å². The molecule has 4 nitrogen and oxygen atoms in total. The van der Waals surface area contributed by atoms with Crippen molar-refractivity contribution in [3.05, 3.63) is 70.8 Å². The lowest BCUT2D eigenvalue weighted by Gasteiger charge is -2.57. The molecule has 4 aliphatic rings. The Balaban J connectivity index is 1.44. The minimum absolute atomic E-state index is 0.0170. The fourth-order valence-corrected chi connectivity index (χ4v) is 6.58. The number of aromatic hydroxyl groups is 1. The maximum absolute atomic E-state index is 13.2. The largest absolute Gasteiger partial charge is 0.507 e. The molecule has 0 aromatic heterocycles. The Morgan fingerprint density at radius 2 is 1.50 bits per heavy atom. The van der Waals surface area contributed by atoms with Crippen molar-refractivity contribution in [2.45, 2.75) is 43.9 Å². The standard InChI is InChI=1S/C26H26O4/c27-23-7-6-21(26-13-17-9-18(14-26)11-19(10-17)15-26)12-22(23)25(30)20-4-1-16(2-5-20)3-8-24(28)29/h1-8,12,17-19,27H,9-11,13-15H2,(H,28,29)/b8-3+. The third-order valence-electron chi connectivity index (χ3n) is 7.48. The first-order chi connectivity index (χ1) is 14.4. The number of carboxylic acids is 1. The van der Waals surface area contributed by atoms with Crippen LogP contribution in [-0.4, -0.2) is 22.0 Å². The zero-order valence-electron chi connectivity index (χ0n) is 16.9. The number of aliphatic carboxylic acids is 1. The lowest BCUT2D eigenvalue weighted by atomic mass is 9.48. The van der Waals surface area contributed by atoms with Gasteiger partial charge in [0.2, 0.25) is 0 Å². The zero-order chi connectivity index (χ0) is 20.9. The molecule has 0 aliphatic heterocycles. The van der Waals surface area contributed by atoms with E-state index in [9.17, 15) is 14.7 Å². The second-order valence-electron chi connectivity index (χ2n) is 9.55. The molecule has 0 amide bonds. The van der Waals surface area contributed by atoms with Crippen LogP contribution in [0.4, 0.5) is 0 Å². The highest BCUT2D eigenvalue weighted by Crippen LogP contribution is 2.60. The van der Waals surface area contributed by atoms with Crippen molar-refractivity contribution in [2.75, 3.05) is 0 Å². The van der Waals surface area contributed by atoms with Gasteiger partial charge in [0.05, 0.1) is 5.56 Å². The summed E-state index contributed by atoms with van der Waals surface area (Å²) in [6, 6.07) is 12.4. The number of carbonyl (C=O) groups excluding carboxylic acids is 1. The number of rotatable bonds is 5. The van der Waals surface area contributed by atoms with Gasteiger partial charge in [-0.3, -0.25) is 4.79 Å². The monoisotopic (exact) mass is 402 g/mol.